The minimum atomic E-state index is -0.288. The van der Waals surface area contributed by atoms with Crippen molar-refractivity contribution in [2.24, 2.45) is 0 Å². The summed E-state index contributed by atoms with van der Waals surface area (Å²) in [5.74, 6) is -0.576. The highest BCUT2D eigenvalue weighted by Crippen LogP contribution is 2.08. The molecule has 0 rings (SSSR count). The predicted molar refractivity (Wildman–Crippen MR) is 118 cm³/mol. The van der Waals surface area contributed by atoms with Crippen LogP contribution in [0.2, 0.25) is 0 Å². The van der Waals surface area contributed by atoms with Crippen molar-refractivity contribution in [2.75, 3.05) is 26.4 Å². The van der Waals surface area contributed by atoms with E-state index < -0.39 is 0 Å². The minimum absolute atomic E-state index is 0.288. The number of unbranched alkanes of at least 4 members (excludes halogenated alkanes) is 10. The third kappa shape index (κ3) is 19.5. The van der Waals surface area contributed by atoms with Gasteiger partial charge in [-0.25, -0.2) is 9.59 Å². The topological polar surface area (TPSA) is 61.8 Å². The van der Waals surface area contributed by atoms with E-state index in [2.05, 4.69) is 13.2 Å². The van der Waals surface area contributed by atoms with E-state index in [9.17, 15) is 9.59 Å². The van der Waals surface area contributed by atoms with Gasteiger partial charge in [0.2, 0.25) is 0 Å². The average molecular weight is 411 g/mol. The average Bonchev–Trinajstić information content (AvgIpc) is 2.69. The van der Waals surface area contributed by atoms with Crippen LogP contribution in [0.25, 0.3) is 0 Å². The summed E-state index contributed by atoms with van der Waals surface area (Å²) in [6.07, 6.45) is 13.4. The van der Waals surface area contributed by atoms with Gasteiger partial charge in [-0.1, -0.05) is 64.5 Å². The quantitative estimate of drug-likeness (QED) is 0.142. The van der Waals surface area contributed by atoms with Crippen molar-refractivity contribution in [3.63, 3.8) is 0 Å². The number of rotatable bonds is 20. The van der Waals surface area contributed by atoms with Gasteiger partial charge in [-0.05, 0) is 39.5 Å². The first kappa shape index (κ1) is 27.4. The van der Waals surface area contributed by atoms with Gasteiger partial charge < -0.3 is 14.2 Å². The van der Waals surface area contributed by atoms with E-state index in [4.69, 9.17) is 14.2 Å². The number of carbonyl (C=O) groups is 2. The van der Waals surface area contributed by atoms with Gasteiger partial charge in [0, 0.05) is 24.4 Å². The molecular weight excluding hydrogens is 368 g/mol. The summed E-state index contributed by atoms with van der Waals surface area (Å²) < 4.78 is 15.8. The van der Waals surface area contributed by atoms with Gasteiger partial charge in [0.05, 0.1) is 13.2 Å². The van der Waals surface area contributed by atoms with E-state index in [-0.39, 0.29) is 11.9 Å². The molecule has 0 unspecified atom stereocenters. The second-order valence-electron chi connectivity index (χ2n) is 7.69. The lowest BCUT2D eigenvalue weighted by molar-refractivity contribution is -0.139. The monoisotopic (exact) mass is 410 g/mol. The van der Waals surface area contributed by atoms with Crippen molar-refractivity contribution >= 4 is 11.9 Å². The van der Waals surface area contributed by atoms with Crippen LogP contribution >= 0.6 is 0 Å². The first-order chi connectivity index (χ1) is 13.9. The number of esters is 2. The van der Waals surface area contributed by atoms with Crippen molar-refractivity contribution in [2.45, 2.75) is 90.9 Å². The summed E-state index contributed by atoms with van der Waals surface area (Å²) in [5, 5.41) is 0. The number of carbonyl (C=O) groups excluding carboxylic acids is 2. The molecule has 0 amide bonds. The van der Waals surface area contributed by atoms with Crippen LogP contribution in [0.3, 0.4) is 0 Å². The summed E-state index contributed by atoms with van der Waals surface area (Å²) in [7, 11) is 0. The summed E-state index contributed by atoms with van der Waals surface area (Å²) in [6, 6.07) is 0. The molecular formula is C24H42O5. The summed E-state index contributed by atoms with van der Waals surface area (Å²) in [4.78, 5) is 22.4. The Balaban J connectivity index is 3.13. The molecule has 0 saturated carbocycles. The van der Waals surface area contributed by atoms with Gasteiger partial charge in [0.15, 0.2) is 0 Å². The van der Waals surface area contributed by atoms with Gasteiger partial charge in [-0.3, -0.25) is 0 Å². The molecule has 0 N–H and O–H groups in total. The molecule has 0 radical (unpaired) electrons. The Kier molecular flexibility index (Phi) is 18.6. The van der Waals surface area contributed by atoms with Gasteiger partial charge in [-0.15, -0.1) is 0 Å². The molecule has 0 bridgehead atoms. The molecule has 0 aliphatic heterocycles. The normalized spacial score (nSPS) is 10.6. The first-order valence-corrected chi connectivity index (χ1v) is 11.2. The van der Waals surface area contributed by atoms with Gasteiger partial charge in [0.1, 0.15) is 0 Å². The third-order valence-electron chi connectivity index (χ3n) is 4.53. The van der Waals surface area contributed by atoms with Crippen molar-refractivity contribution in [3.05, 3.63) is 24.3 Å². The lowest BCUT2D eigenvalue weighted by atomic mass is 10.1. The first-order valence-electron chi connectivity index (χ1n) is 11.2. The molecule has 0 heterocycles. The molecule has 0 aliphatic rings. The summed E-state index contributed by atoms with van der Waals surface area (Å²) in [6.45, 7) is 13.2. The predicted octanol–water partition coefficient (Wildman–Crippen LogP) is 5.92. The molecule has 0 aliphatic carbocycles. The standard InChI is InChI=1S/C24H42O5/c1-21(2)23(25)28-19-15-11-7-5-9-13-17-27-18-14-10-6-8-12-16-20-29-24(26)22(3)4/h1,3,5-20H2,2,4H3. The third-order valence-corrected chi connectivity index (χ3v) is 4.53. The second-order valence-corrected chi connectivity index (χ2v) is 7.69. The van der Waals surface area contributed by atoms with Crippen LogP contribution in [-0.4, -0.2) is 38.4 Å². The zero-order valence-electron chi connectivity index (χ0n) is 18.8. The Bertz CT molecular complexity index is 428. The fourth-order valence-electron chi connectivity index (χ4n) is 2.70. The maximum atomic E-state index is 11.2. The lowest BCUT2D eigenvalue weighted by Gasteiger charge is -2.06. The van der Waals surface area contributed by atoms with Crippen LogP contribution in [0.5, 0.6) is 0 Å². The molecule has 5 nitrogen and oxygen atoms in total. The molecule has 0 aromatic carbocycles. The van der Waals surface area contributed by atoms with Crippen LogP contribution in [0, 0.1) is 0 Å². The smallest absolute Gasteiger partial charge is 0.333 e. The number of hydrogen-bond acceptors (Lipinski definition) is 5. The van der Waals surface area contributed by atoms with Crippen LogP contribution in [0.4, 0.5) is 0 Å². The minimum Gasteiger partial charge on any atom is -0.462 e. The molecule has 5 heteroatoms. The molecule has 0 saturated heterocycles. The van der Waals surface area contributed by atoms with Crippen LogP contribution in [-0.2, 0) is 23.8 Å². The number of ether oxygens (including phenoxy) is 3. The van der Waals surface area contributed by atoms with Crippen LogP contribution in [0.1, 0.15) is 90.9 Å². The maximum absolute atomic E-state index is 11.2. The Morgan fingerprint density at radius 3 is 1.10 bits per heavy atom. The Morgan fingerprint density at radius 1 is 0.517 bits per heavy atom. The van der Waals surface area contributed by atoms with E-state index >= 15 is 0 Å². The van der Waals surface area contributed by atoms with Crippen molar-refractivity contribution in [1.29, 1.82) is 0 Å². The molecule has 0 aromatic heterocycles. The van der Waals surface area contributed by atoms with Gasteiger partial charge >= 0.3 is 11.9 Å². The highest BCUT2D eigenvalue weighted by atomic mass is 16.5. The largest absolute Gasteiger partial charge is 0.462 e. The fourth-order valence-corrected chi connectivity index (χ4v) is 2.70. The van der Waals surface area contributed by atoms with E-state index in [1.807, 2.05) is 0 Å². The van der Waals surface area contributed by atoms with E-state index in [0.29, 0.717) is 24.4 Å². The highest BCUT2D eigenvalue weighted by molar-refractivity contribution is 5.87. The zero-order valence-corrected chi connectivity index (χ0v) is 18.8. The Labute approximate surface area is 177 Å². The number of hydrogen-bond donors (Lipinski definition) is 0. The van der Waals surface area contributed by atoms with E-state index in [1.54, 1.807) is 13.8 Å². The van der Waals surface area contributed by atoms with Crippen molar-refractivity contribution in [3.8, 4) is 0 Å². The molecule has 0 spiro atoms. The summed E-state index contributed by atoms with van der Waals surface area (Å²) >= 11 is 0. The van der Waals surface area contributed by atoms with Crippen molar-refractivity contribution < 1.29 is 23.8 Å². The highest BCUT2D eigenvalue weighted by Gasteiger charge is 2.02. The molecule has 168 valence electrons. The second kappa shape index (κ2) is 19.7. The molecule has 0 fully saturated rings. The van der Waals surface area contributed by atoms with Crippen LogP contribution in [0.15, 0.2) is 24.3 Å². The van der Waals surface area contributed by atoms with Gasteiger partial charge in [-0.2, -0.15) is 0 Å². The SMILES string of the molecule is C=C(C)C(=O)OCCCCCCCCOCCCCCCCCOC(=O)C(=C)C. The Hall–Kier alpha value is -1.62. The van der Waals surface area contributed by atoms with Crippen LogP contribution < -0.4 is 0 Å². The maximum Gasteiger partial charge on any atom is 0.333 e. The molecule has 29 heavy (non-hydrogen) atoms. The zero-order chi connectivity index (χ0) is 21.7. The van der Waals surface area contributed by atoms with Crippen molar-refractivity contribution in [1.82, 2.24) is 0 Å². The summed E-state index contributed by atoms with van der Waals surface area (Å²) in [5.41, 5.74) is 0.924. The molecule has 0 aromatic rings. The van der Waals surface area contributed by atoms with E-state index in [0.717, 1.165) is 51.7 Å². The molecule has 0 atom stereocenters. The van der Waals surface area contributed by atoms with E-state index in [1.165, 1.54) is 38.5 Å². The fraction of sp³-hybridized carbons (Fsp3) is 0.750. The Morgan fingerprint density at radius 2 is 0.793 bits per heavy atom. The van der Waals surface area contributed by atoms with Gasteiger partial charge in [0.25, 0.3) is 0 Å². The lowest BCUT2D eigenvalue weighted by Crippen LogP contribution is -2.06.